The van der Waals surface area contributed by atoms with E-state index in [1.807, 2.05) is 25.1 Å². The number of hydrogen-bond acceptors (Lipinski definition) is 4. The largest absolute Gasteiger partial charge is 0.492 e. The van der Waals surface area contributed by atoms with Gasteiger partial charge in [0.2, 0.25) is 0 Å². The first-order valence-corrected chi connectivity index (χ1v) is 8.33. The van der Waals surface area contributed by atoms with Gasteiger partial charge in [0.25, 0.3) is 5.91 Å². The highest BCUT2D eigenvalue weighted by Crippen LogP contribution is 2.30. The zero-order chi connectivity index (χ0) is 17.8. The average molecular weight is 360 g/mol. The Labute approximate surface area is 150 Å². The average Bonchev–Trinajstić information content (AvgIpc) is 2.59. The van der Waals surface area contributed by atoms with Gasteiger partial charge in [-0.1, -0.05) is 23.7 Å². The Morgan fingerprint density at radius 1 is 1.28 bits per heavy atom. The quantitative estimate of drug-likeness (QED) is 0.850. The van der Waals surface area contributed by atoms with Gasteiger partial charge in [0.05, 0.1) is 5.92 Å². The molecule has 0 radical (unpaired) electrons. The third-order valence-corrected chi connectivity index (χ3v) is 4.14. The summed E-state index contributed by atoms with van der Waals surface area (Å²) in [6.07, 6.45) is 0.480. The van der Waals surface area contributed by atoms with E-state index in [2.05, 4.69) is 5.32 Å². The fraction of sp³-hybridized carbons (Fsp3) is 0.263. The second-order valence-corrected chi connectivity index (χ2v) is 6.43. The predicted molar refractivity (Wildman–Crippen MR) is 94.9 cm³/mol. The van der Waals surface area contributed by atoms with Crippen LogP contribution in [0.1, 0.15) is 11.1 Å². The molecule has 1 aliphatic rings. The lowest BCUT2D eigenvalue weighted by atomic mass is 9.97. The van der Waals surface area contributed by atoms with Gasteiger partial charge < -0.3 is 14.8 Å². The maximum Gasteiger partial charge on any atom is 0.313 e. The first-order chi connectivity index (χ1) is 12.0. The molecule has 0 saturated heterocycles. The van der Waals surface area contributed by atoms with E-state index in [1.54, 1.807) is 24.3 Å². The lowest BCUT2D eigenvalue weighted by Gasteiger charge is -2.24. The van der Waals surface area contributed by atoms with Gasteiger partial charge in [-0.15, -0.1) is 0 Å². The Morgan fingerprint density at radius 2 is 2.12 bits per heavy atom. The number of nitrogens with one attached hydrogen (secondary N) is 1. The van der Waals surface area contributed by atoms with Gasteiger partial charge in [-0.3, -0.25) is 9.59 Å². The topological polar surface area (TPSA) is 64.6 Å². The number of halogens is 1. The standard InChI is InChI=1S/C19H18ClNO4/c1-12-3-2-4-16(7-12)21-18(22)11-25-19(23)14-8-13-9-15(20)5-6-17(13)24-10-14/h2-7,9,14H,8,10-11H2,1H3,(H,21,22)/t14-/m1/s1. The first kappa shape index (κ1) is 17.3. The summed E-state index contributed by atoms with van der Waals surface area (Å²) in [6.45, 7) is 1.83. The number of carbonyl (C=O) groups excluding carboxylic acids is 2. The molecule has 6 heteroatoms. The van der Waals surface area contributed by atoms with Crippen LogP contribution in [-0.4, -0.2) is 25.1 Å². The molecule has 2 aromatic carbocycles. The van der Waals surface area contributed by atoms with E-state index < -0.39 is 11.9 Å². The summed E-state index contributed by atoms with van der Waals surface area (Å²) in [4.78, 5) is 24.1. The van der Waals surface area contributed by atoms with E-state index >= 15 is 0 Å². The number of fused-ring (bicyclic) bond motifs is 1. The monoisotopic (exact) mass is 359 g/mol. The van der Waals surface area contributed by atoms with Crippen LogP contribution in [0.4, 0.5) is 5.69 Å². The molecule has 1 atom stereocenters. The number of rotatable bonds is 4. The maximum absolute atomic E-state index is 12.2. The van der Waals surface area contributed by atoms with Crippen LogP contribution in [0.2, 0.25) is 5.02 Å². The molecule has 0 spiro atoms. The number of benzene rings is 2. The highest BCUT2D eigenvalue weighted by molar-refractivity contribution is 6.30. The van der Waals surface area contributed by atoms with E-state index in [9.17, 15) is 9.59 Å². The Hall–Kier alpha value is -2.53. The molecule has 0 bridgehead atoms. The molecule has 130 valence electrons. The van der Waals surface area contributed by atoms with E-state index in [-0.39, 0.29) is 19.1 Å². The molecule has 1 amide bonds. The van der Waals surface area contributed by atoms with Gasteiger partial charge in [0, 0.05) is 10.7 Å². The minimum atomic E-state index is -0.454. The second kappa shape index (κ2) is 7.57. The third-order valence-electron chi connectivity index (χ3n) is 3.91. The van der Waals surface area contributed by atoms with Crippen molar-refractivity contribution in [3.05, 3.63) is 58.6 Å². The Kier molecular flexibility index (Phi) is 5.24. The van der Waals surface area contributed by atoms with Crippen LogP contribution < -0.4 is 10.1 Å². The van der Waals surface area contributed by atoms with Crippen molar-refractivity contribution < 1.29 is 19.1 Å². The molecule has 1 aliphatic heterocycles. The molecule has 25 heavy (non-hydrogen) atoms. The summed E-state index contributed by atoms with van der Waals surface area (Å²) in [5.41, 5.74) is 2.57. The van der Waals surface area contributed by atoms with Crippen LogP contribution in [0, 0.1) is 12.8 Å². The Bertz CT molecular complexity index is 806. The van der Waals surface area contributed by atoms with Crippen LogP contribution in [0.25, 0.3) is 0 Å². The molecule has 0 aromatic heterocycles. The molecule has 1 heterocycles. The van der Waals surface area contributed by atoms with Crippen molar-refractivity contribution in [2.45, 2.75) is 13.3 Å². The number of aryl methyl sites for hydroxylation is 1. The number of amides is 1. The smallest absolute Gasteiger partial charge is 0.313 e. The number of hydrogen-bond donors (Lipinski definition) is 1. The van der Waals surface area contributed by atoms with Gasteiger partial charge in [-0.25, -0.2) is 0 Å². The van der Waals surface area contributed by atoms with Crippen molar-refractivity contribution in [2.24, 2.45) is 5.92 Å². The molecular formula is C19H18ClNO4. The zero-order valence-electron chi connectivity index (χ0n) is 13.8. The minimum Gasteiger partial charge on any atom is -0.492 e. The van der Waals surface area contributed by atoms with Crippen molar-refractivity contribution in [3.8, 4) is 5.75 Å². The van der Waals surface area contributed by atoms with Crippen LogP contribution >= 0.6 is 11.6 Å². The minimum absolute atomic E-state index is 0.229. The molecule has 0 aliphatic carbocycles. The van der Waals surface area contributed by atoms with Gasteiger partial charge in [-0.05, 0) is 54.8 Å². The van der Waals surface area contributed by atoms with E-state index in [4.69, 9.17) is 21.1 Å². The number of anilines is 1. The SMILES string of the molecule is Cc1cccc(NC(=O)COC(=O)[C@H]2COc3ccc(Cl)cc3C2)c1. The lowest BCUT2D eigenvalue weighted by Crippen LogP contribution is -2.32. The molecule has 1 N–H and O–H groups in total. The number of esters is 1. The summed E-state index contributed by atoms with van der Waals surface area (Å²) < 4.78 is 10.7. The number of ether oxygens (including phenoxy) is 2. The Balaban J connectivity index is 1.52. The molecule has 0 unspecified atom stereocenters. The highest BCUT2D eigenvalue weighted by Gasteiger charge is 2.27. The first-order valence-electron chi connectivity index (χ1n) is 7.95. The van der Waals surface area contributed by atoms with Gasteiger partial charge in [-0.2, -0.15) is 0 Å². The fourth-order valence-corrected chi connectivity index (χ4v) is 2.88. The van der Waals surface area contributed by atoms with E-state index in [0.29, 0.717) is 17.1 Å². The zero-order valence-corrected chi connectivity index (χ0v) is 14.5. The summed E-state index contributed by atoms with van der Waals surface area (Å²) in [5, 5.41) is 3.29. The van der Waals surface area contributed by atoms with Crippen molar-refractivity contribution in [1.82, 2.24) is 0 Å². The van der Waals surface area contributed by atoms with Crippen molar-refractivity contribution in [3.63, 3.8) is 0 Å². The molecule has 0 saturated carbocycles. The Morgan fingerprint density at radius 3 is 2.92 bits per heavy atom. The summed E-state index contributed by atoms with van der Waals surface area (Å²) in [7, 11) is 0. The fourth-order valence-electron chi connectivity index (χ4n) is 2.69. The van der Waals surface area contributed by atoms with Gasteiger partial charge >= 0.3 is 5.97 Å². The summed E-state index contributed by atoms with van der Waals surface area (Å²) in [5.74, 6) is -0.549. The normalized spacial score (nSPS) is 15.7. The molecule has 0 fully saturated rings. The molecule has 3 rings (SSSR count). The van der Waals surface area contributed by atoms with Gasteiger partial charge in [0.1, 0.15) is 12.4 Å². The molecule has 2 aromatic rings. The summed E-state index contributed by atoms with van der Waals surface area (Å²) in [6, 6.07) is 12.7. The maximum atomic E-state index is 12.2. The van der Waals surface area contributed by atoms with Crippen LogP contribution in [0.15, 0.2) is 42.5 Å². The van der Waals surface area contributed by atoms with Crippen molar-refractivity contribution >= 4 is 29.2 Å². The van der Waals surface area contributed by atoms with Crippen molar-refractivity contribution in [1.29, 1.82) is 0 Å². The molecule has 5 nitrogen and oxygen atoms in total. The third kappa shape index (κ3) is 4.51. The van der Waals surface area contributed by atoms with E-state index in [0.717, 1.165) is 16.9 Å². The second-order valence-electron chi connectivity index (χ2n) is 5.99. The van der Waals surface area contributed by atoms with Crippen LogP contribution in [0.5, 0.6) is 5.75 Å². The highest BCUT2D eigenvalue weighted by atomic mass is 35.5. The van der Waals surface area contributed by atoms with Crippen molar-refractivity contribution in [2.75, 3.05) is 18.5 Å². The van der Waals surface area contributed by atoms with Crippen LogP contribution in [0.3, 0.4) is 0 Å². The lowest BCUT2D eigenvalue weighted by molar-refractivity contribution is -0.152. The predicted octanol–water partition coefficient (Wildman–Crippen LogP) is 3.38. The van der Waals surface area contributed by atoms with Gasteiger partial charge in [0.15, 0.2) is 6.61 Å². The molecular weight excluding hydrogens is 342 g/mol. The number of carbonyl (C=O) groups is 2. The van der Waals surface area contributed by atoms with Crippen LogP contribution in [-0.2, 0) is 20.7 Å². The summed E-state index contributed by atoms with van der Waals surface area (Å²) >= 11 is 5.97. The van der Waals surface area contributed by atoms with E-state index in [1.165, 1.54) is 0 Å².